The lowest BCUT2D eigenvalue weighted by atomic mass is 10.0. The molecule has 3 saturated heterocycles. The van der Waals surface area contributed by atoms with E-state index in [-0.39, 0.29) is 11.8 Å². The van der Waals surface area contributed by atoms with Crippen molar-refractivity contribution in [1.29, 1.82) is 0 Å². The highest BCUT2D eigenvalue weighted by atomic mass is 35.5. The standard InChI is InChI=1S/C21H23ClN4O2/c22-18-3-1-14(2-4-18)19-7-24-20(8-23-19)25-9-16-11-26(12-17(16)10-25)21(27)15-5-6-28-13-15/h1-4,7-8,15-17H,5-6,9-13H2. The molecule has 0 aliphatic carbocycles. The van der Waals surface area contributed by atoms with E-state index in [1.165, 1.54) is 0 Å². The van der Waals surface area contributed by atoms with E-state index in [2.05, 4.69) is 19.8 Å². The summed E-state index contributed by atoms with van der Waals surface area (Å²) in [5.41, 5.74) is 1.85. The number of rotatable bonds is 3. The van der Waals surface area contributed by atoms with Crippen molar-refractivity contribution in [3.05, 3.63) is 41.7 Å². The van der Waals surface area contributed by atoms with E-state index in [9.17, 15) is 4.79 Å². The highest BCUT2D eigenvalue weighted by Crippen LogP contribution is 2.34. The first-order valence-electron chi connectivity index (χ1n) is 9.87. The molecule has 3 unspecified atom stereocenters. The van der Waals surface area contributed by atoms with Crippen LogP contribution < -0.4 is 4.90 Å². The van der Waals surface area contributed by atoms with E-state index in [1.54, 1.807) is 0 Å². The van der Waals surface area contributed by atoms with Gasteiger partial charge in [-0.2, -0.15) is 0 Å². The van der Waals surface area contributed by atoms with E-state index in [4.69, 9.17) is 16.3 Å². The molecule has 3 aliphatic heterocycles. The fourth-order valence-electron chi connectivity index (χ4n) is 4.60. The maximum absolute atomic E-state index is 12.6. The highest BCUT2D eigenvalue weighted by molar-refractivity contribution is 6.30. The van der Waals surface area contributed by atoms with Crippen molar-refractivity contribution in [2.24, 2.45) is 17.8 Å². The number of carbonyl (C=O) groups is 1. The Morgan fingerprint density at radius 2 is 1.79 bits per heavy atom. The summed E-state index contributed by atoms with van der Waals surface area (Å²) < 4.78 is 5.38. The molecule has 1 aromatic carbocycles. The van der Waals surface area contributed by atoms with Crippen LogP contribution in [-0.4, -0.2) is 60.2 Å². The van der Waals surface area contributed by atoms with Gasteiger partial charge in [0.05, 0.1) is 30.6 Å². The zero-order valence-corrected chi connectivity index (χ0v) is 16.4. The minimum absolute atomic E-state index is 0.0706. The zero-order valence-electron chi connectivity index (χ0n) is 15.6. The summed E-state index contributed by atoms with van der Waals surface area (Å²) >= 11 is 5.95. The molecule has 3 aliphatic rings. The van der Waals surface area contributed by atoms with Gasteiger partial charge in [0, 0.05) is 55.2 Å². The lowest BCUT2D eigenvalue weighted by Gasteiger charge is -2.24. The average molecular weight is 399 g/mol. The molecule has 4 heterocycles. The van der Waals surface area contributed by atoms with Gasteiger partial charge in [0.2, 0.25) is 5.91 Å². The van der Waals surface area contributed by atoms with E-state index < -0.39 is 0 Å². The Morgan fingerprint density at radius 1 is 1.04 bits per heavy atom. The molecule has 2 aromatic rings. The number of carbonyl (C=O) groups excluding carboxylic acids is 1. The van der Waals surface area contributed by atoms with Crippen molar-refractivity contribution in [2.75, 3.05) is 44.3 Å². The fraction of sp³-hybridized carbons (Fsp3) is 0.476. The van der Waals surface area contributed by atoms with E-state index in [1.807, 2.05) is 36.7 Å². The average Bonchev–Trinajstić information content (AvgIpc) is 3.44. The first kappa shape index (κ1) is 17.9. The van der Waals surface area contributed by atoms with Gasteiger partial charge in [-0.25, -0.2) is 4.98 Å². The van der Waals surface area contributed by atoms with E-state index >= 15 is 0 Å². The molecule has 3 atom stereocenters. The Morgan fingerprint density at radius 3 is 2.39 bits per heavy atom. The molecular weight excluding hydrogens is 376 g/mol. The van der Waals surface area contributed by atoms with Crippen LogP contribution in [0.15, 0.2) is 36.7 Å². The number of anilines is 1. The molecule has 0 N–H and O–H groups in total. The summed E-state index contributed by atoms with van der Waals surface area (Å²) in [6.45, 7) is 4.89. The molecule has 1 amide bonds. The highest BCUT2D eigenvalue weighted by Gasteiger charge is 2.43. The molecule has 0 saturated carbocycles. The van der Waals surface area contributed by atoms with Crippen molar-refractivity contribution in [3.8, 4) is 11.3 Å². The maximum Gasteiger partial charge on any atom is 0.228 e. The summed E-state index contributed by atoms with van der Waals surface area (Å²) in [7, 11) is 0. The van der Waals surface area contributed by atoms with Gasteiger partial charge in [0.25, 0.3) is 0 Å². The van der Waals surface area contributed by atoms with Gasteiger partial charge in [0.15, 0.2) is 0 Å². The van der Waals surface area contributed by atoms with Crippen molar-refractivity contribution in [2.45, 2.75) is 6.42 Å². The summed E-state index contributed by atoms with van der Waals surface area (Å²) in [6, 6.07) is 7.62. The number of hydrogen-bond acceptors (Lipinski definition) is 5. The van der Waals surface area contributed by atoms with Gasteiger partial charge in [-0.3, -0.25) is 9.78 Å². The SMILES string of the molecule is O=C(C1CCOC1)N1CC2CN(c3cnc(-c4ccc(Cl)cc4)cn3)CC2C1. The van der Waals surface area contributed by atoms with Gasteiger partial charge in [-0.05, 0) is 18.6 Å². The molecule has 0 bridgehead atoms. The van der Waals surface area contributed by atoms with Crippen LogP contribution in [0.4, 0.5) is 5.82 Å². The van der Waals surface area contributed by atoms with E-state index in [0.717, 1.165) is 56.3 Å². The Labute approximate surface area is 169 Å². The second-order valence-corrected chi connectivity index (χ2v) is 8.43. The van der Waals surface area contributed by atoms with Crippen LogP contribution in [0.25, 0.3) is 11.3 Å². The van der Waals surface area contributed by atoms with Gasteiger partial charge >= 0.3 is 0 Å². The zero-order chi connectivity index (χ0) is 19.1. The number of halogens is 1. The third-order valence-corrected chi connectivity index (χ3v) is 6.43. The van der Waals surface area contributed by atoms with Crippen molar-refractivity contribution in [1.82, 2.24) is 14.9 Å². The Kier molecular flexibility index (Phi) is 4.69. The first-order valence-corrected chi connectivity index (χ1v) is 10.2. The quantitative estimate of drug-likeness (QED) is 0.795. The van der Waals surface area contributed by atoms with Crippen LogP contribution >= 0.6 is 11.6 Å². The normalized spacial score (nSPS) is 26.7. The van der Waals surface area contributed by atoms with Crippen LogP contribution in [-0.2, 0) is 9.53 Å². The molecular formula is C21H23ClN4O2. The number of benzene rings is 1. The largest absolute Gasteiger partial charge is 0.381 e. The van der Waals surface area contributed by atoms with Gasteiger partial charge in [0.1, 0.15) is 5.82 Å². The molecule has 0 radical (unpaired) electrons. The fourth-order valence-corrected chi connectivity index (χ4v) is 4.73. The van der Waals surface area contributed by atoms with E-state index in [0.29, 0.717) is 23.5 Å². The molecule has 28 heavy (non-hydrogen) atoms. The van der Waals surface area contributed by atoms with Gasteiger partial charge < -0.3 is 14.5 Å². The minimum Gasteiger partial charge on any atom is -0.381 e. The van der Waals surface area contributed by atoms with Crippen molar-refractivity contribution < 1.29 is 9.53 Å². The van der Waals surface area contributed by atoms with Gasteiger partial charge in [-0.15, -0.1) is 0 Å². The topological polar surface area (TPSA) is 58.6 Å². The lowest BCUT2D eigenvalue weighted by Crippen LogP contribution is -2.37. The molecule has 7 heteroatoms. The number of fused-ring (bicyclic) bond motifs is 1. The number of ether oxygens (including phenoxy) is 1. The third kappa shape index (κ3) is 3.35. The molecule has 146 valence electrons. The van der Waals surface area contributed by atoms with Crippen LogP contribution in [0.5, 0.6) is 0 Å². The first-order chi connectivity index (χ1) is 13.7. The molecule has 1 aromatic heterocycles. The Balaban J connectivity index is 1.22. The Bertz CT molecular complexity index is 838. The third-order valence-electron chi connectivity index (χ3n) is 6.18. The predicted octanol–water partition coefficient (Wildman–Crippen LogP) is 2.73. The van der Waals surface area contributed by atoms with Crippen molar-refractivity contribution >= 4 is 23.3 Å². The minimum atomic E-state index is 0.0706. The summed E-state index contributed by atoms with van der Waals surface area (Å²) in [4.78, 5) is 26.2. The smallest absolute Gasteiger partial charge is 0.228 e. The van der Waals surface area contributed by atoms with Crippen LogP contribution in [0, 0.1) is 17.8 Å². The number of aromatic nitrogens is 2. The second-order valence-electron chi connectivity index (χ2n) is 8.00. The van der Waals surface area contributed by atoms with Crippen LogP contribution in [0.3, 0.4) is 0 Å². The molecule has 5 rings (SSSR count). The number of likely N-dealkylation sites (tertiary alicyclic amines) is 1. The summed E-state index contributed by atoms with van der Waals surface area (Å²) in [5, 5.41) is 0.713. The maximum atomic E-state index is 12.6. The Hall–Kier alpha value is -2.18. The molecule has 6 nitrogen and oxygen atoms in total. The number of nitrogens with zero attached hydrogens (tertiary/aromatic N) is 4. The second kappa shape index (κ2) is 7.33. The van der Waals surface area contributed by atoms with Crippen molar-refractivity contribution in [3.63, 3.8) is 0 Å². The summed E-state index contributed by atoms with van der Waals surface area (Å²) in [6.07, 6.45) is 4.54. The lowest BCUT2D eigenvalue weighted by molar-refractivity contribution is -0.134. The summed E-state index contributed by atoms with van der Waals surface area (Å²) in [5.74, 6) is 2.30. The van der Waals surface area contributed by atoms with Gasteiger partial charge in [-0.1, -0.05) is 23.7 Å². The van der Waals surface area contributed by atoms with Crippen LogP contribution in [0.1, 0.15) is 6.42 Å². The van der Waals surface area contributed by atoms with Crippen LogP contribution in [0.2, 0.25) is 5.02 Å². The monoisotopic (exact) mass is 398 g/mol. The molecule has 0 spiro atoms. The molecule has 3 fully saturated rings. The number of hydrogen-bond donors (Lipinski definition) is 0. The number of amides is 1. The predicted molar refractivity (Wildman–Crippen MR) is 107 cm³/mol.